The Bertz CT molecular complexity index is 1460. The molecular formula is C35H58O29. The minimum Gasteiger partial charge on any atom is -0.394 e. The normalized spacial score (nSPS) is 53.1. The van der Waals surface area contributed by atoms with Crippen LogP contribution in [0.3, 0.4) is 0 Å². The summed E-state index contributed by atoms with van der Waals surface area (Å²) in [6.45, 7) is -4.31. The molecule has 7 fully saturated rings. The van der Waals surface area contributed by atoms with Crippen LogP contribution >= 0.6 is 0 Å². The molecule has 0 aromatic carbocycles. The Morgan fingerprint density at radius 1 is 0.266 bits per heavy atom. The second-order valence-electron chi connectivity index (χ2n) is 16.3. The lowest BCUT2D eigenvalue weighted by atomic mass is 10.1. The predicted molar refractivity (Wildman–Crippen MR) is 190 cm³/mol. The van der Waals surface area contributed by atoms with E-state index < -0.39 is 218 Å². The maximum absolute atomic E-state index is 11.3. The molecule has 7 rings (SSSR count). The SMILES string of the molecule is OC[C@@H]1O[C@@H](OC[C@@H]2O[C@@H](OC[C@@H]3O[C@@H](OC[C@@H]4O[C@@H](OC[C@@H]5OC(O)[C@H](O)[C@H]5O)[C@H](O)[C@H]4O[C@@H]4O[C@@H](CO)[C@H](O)[C@H]4O)[C@H](O)[C@H]3O)[C@H](O)[C@H]2O[C@@H]2O[C@@H](CO)[C@H](O)[C@H]2O)[C@H](O)[C@H]1O. The maximum Gasteiger partial charge on any atom is 0.187 e. The van der Waals surface area contributed by atoms with Crippen molar-refractivity contribution in [2.24, 2.45) is 0 Å². The van der Waals surface area contributed by atoms with Gasteiger partial charge in [-0.2, -0.15) is 0 Å². The van der Waals surface area contributed by atoms with Gasteiger partial charge in [-0.15, -0.1) is 0 Å². The van der Waals surface area contributed by atoms with Crippen molar-refractivity contribution in [2.75, 3.05) is 46.2 Å². The van der Waals surface area contributed by atoms with E-state index in [1.54, 1.807) is 0 Å². The minimum atomic E-state index is -1.76. The van der Waals surface area contributed by atoms with Gasteiger partial charge in [0.15, 0.2) is 44.0 Å². The monoisotopic (exact) mass is 942 g/mol. The summed E-state index contributed by atoms with van der Waals surface area (Å²) in [5.74, 6) is 0. The van der Waals surface area contributed by atoms with Gasteiger partial charge < -0.3 is 143 Å². The summed E-state index contributed by atoms with van der Waals surface area (Å²) in [5, 5.41) is 164. The van der Waals surface area contributed by atoms with Crippen LogP contribution in [0.1, 0.15) is 0 Å². The van der Waals surface area contributed by atoms with Gasteiger partial charge >= 0.3 is 0 Å². The lowest BCUT2D eigenvalue weighted by Gasteiger charge is -2.26. The Balaban J connectivity index is 0.964. The second kappa shape index (κ2) is 21.6. The van der Waals surface area contributed by atoms with Crippen LogP contribution in [0.2, 0.25) is 0 Å². The van der Waals surface area contributed by atoms with Crippen LogP contribution in [0.4, 0.5) is 0 Å². The number of rotatable bonds is 19. The quantitative estimate of drug-likeness (QED) is 0.0572. The van der Waals surface area contributed by atoms with Gasteiger partial charge in [0.25, 0.3) is 0 Å². The molecule has 16 N–H and O–H groups in total. The summed E-state index contributed by atoms with van der Waals surface area (Å²) in [6, 6.07) is 0. The number of aliphatic hydroxyl groups excluding tert-OH is 16. The summed E-state index contributed by atoms with van der Waals surface area (Å²) in [7, 11) is 0. The molecule has 29 heteroatoms. The number of hydrogen-bond donors (Lipinski definition) is 16. The van der Waals surface area contributed by atoms with E-state index in [-0.39, 0.29) is 0 Å². The highest BCUT2D eigenvalue weighted by atomic mass is 16.8. The fourth-order valence-electron chi connectivity index (χ4n) is 8.17. The molecule has 0 spiro atoms. The van der Waals surface area contributed by atoms with Gasteiger partial charge in [-0.25, -0.2) is 0 Å². The van der Waals surface area contributed by atoms with Crippen molar-refractivity contribution in [1.82, 2.24) is 0 Å². The first-order valence-electron chi connectivity index (χ1n) is 20.5. The number of hydrogen-bond acceptors (Lipinski definition) is 29. The van der Waals surface area contributed by atoms with Gasteiger partial charge in [0, 0.05) is 0 Å². The van der Waals surface area contributed by atoms with Gasteiger partial charge in [-0.05, 0) is 0 Å². The molecule has 372 valence electrons. The highest BCUT2D eigenvalue weighted by Crippen LogP contribution is 2.35. The topological polar surface area (TPSA) is 444 Å². The third-order valence-electron chi connectivity index (χ3n) is 12.0. The van der Waals surface area contributed by atoms with Crippen molar-refractivity contribution in [2.45, 2.75) is 172 Å². The Kier molecular flexibility index (Phi) is 17.1. The van der Waals surface area contributed by atoms with Crippen LogP contribution in [-0.2, 0) is 61.6 Å². The Hall–Kier alpha value is -1.16. The van der Waals surface area contributed by atoms with E-state index in [9.17, 15) is 81.7 Å². The molecular weight excluding hydrogens is 884 g/mol. The first-order chi connectivity index (χ1) is 30.5. The van der Waals surface area contributed by atoms with Crippen molar-refractivity contribution < 1.29 is 143 Å². The minimum absolute atomic E-state index is 0.527. The van der Waals surface area contributed by atoms with E-state index in [1.807, 2.05) is 0 Å². The molecule has 29 nitrogen and oxygen atoms in total. The molecule has 64 heavy (non-hydrogen) atoms. The third-order valence-corrected chi connectivity index (χ3v) is 12.0. The Morgan fingerprint density at radius 2 is 0.531 bits per heavy atom. The van der Waals surface area contributed by atoms with Crippen LogP contribution in [0.25, 0.3) is 0 Å². The zero-order chi connectivity index (χ0) is 46.3. The highest BCUT2D eigenvalue weighted by molar-refractivity contribution is 4.96. The van der Waals surface area contributed by atoms with Gasteiger partial charge in [0.2, 0.25) is 0 Å². The molecule has 7 aliphatic rings. The molecule has 1 unspecified atom stereocenters. The average Bonchev–Trinajstić information content (AvgIpc) is 4.11. The van der Waals surface area contributed by atoms with E-state index in [2.05, 4.69) is 0 Å². The zero-order valence-electron chi connectivity index (χ0n) is 33.6. The first-order valence-corrected chi connectivity index (χ1v) is 20.5. The predicted octanol–water partition coefficient (Wildman–Crippen LogP) is -11.8. The largest absolute Gasteiger partial charge is 0.394 e. The van der Waals surface area contributed by atoms with Crippen molar-refractivity contribution in [3.63, 3.8) is 0 Å². The molecule has 28 atom stereocenters. The summed E-state index contributed by atoms with van der Waals surface area (Å²) in [6.07, 6.45) is -43.0. The molecule has 0 aromatic heterocycles. The van der Waals surface area contributed by atoms with Gasteiger partial charge in [0.1, 0.15) is 128 Å². The Morgan fingerprint density at radius 3 is 0.875 bits per heavy atom. The molecule has 0 saturated carbocycles. The molecule has 7 aliphatic heterocycles. The average molecular weight is 943 g/mol. The van der Waals surface area contributed by atoms with Crippen molar-refractivity contribution in [3.8, 4) is 0 Å². The summed E-state index contributed by atoms with van der Waals surface area (Å²) >= 11 is 0. The van der Waals surface area contributed by atoms with Gasteiger partial charge in [0.05, 0.1) is 46.2 Å². The van der Waals surface area contributed by atoms with Gasteiger partial charge in [-0.3, -0.25) is 0 Å². The molecule has 7 saturated heterocycles. The molecule has 0 radical (unpaired) electrons. The van der Waals surface area contributed by atoms with Gasteiger partial charge in [-0.1, -0.05) is 0 Å². The summed E-state index contributed by atoms with van der Waals surface area (Å²) in [4.78, 5) is 0. The van der Waals surface area contributed by atoms with E-state index in [0.29, 0.717) is 0 Å². The van der Waals surface area contributed by atoms with Crippen molar-refractivity contribution >= 4 is 0 Å². The zero-order valence-corrected chi connectivity index (χ0v) is 33.6. The second-order valence-corrected chi connectivity index (χ2v) is 16.3. The standard InChI is InChI=1S/C35H58O29/c36-1-8-15(39)21(45)30(57-8)54-6-13-27(63-34-23(47)16(40)9(2-37)58-34)26(50)33(62-13)53-5-12-19(43)22(46)31(60-12)55-7-14-28(64-35-24(48)17(41)10(3-38)59-35)25(49)32(61-14)52-4-11-18(42)20(44)29(51)56-11/h8-51H,1-7H2/t8-,9-,10-,11-,12-,13-,14-,15-,16-,17-,18-,19-,20+,21+,22+,23+,24+,25+,26+,27-,28-,29?,30+,31+,32+,33+,34-,35-/m0/s1. The van der Waals surface area contributed by atoms with Crippen LogP contribution in [0.5, 0.6) is 0 Å². The fourth-order valence-corrected chi connectivity index (χ4v) is 8.17. The van der Waals surface area contributed by atoms with Crippen LogP contribution in [-0.4, -0.2) is 300 Å². The molecule has 0 bridgehead atoms. The van der Waals surface area contributed by atoms with E-state index in [4.69, 9.17) is 61.6 Å². The molecule has 0 amide bonds. The van der Waals surface area contributed by atoms with Crippen LogP contribution < -0.4 is 0 Å². The maximum atomic E-state index is 11.3. The third kappa shape index (κ3) is 10.4. The fraction of sp³-hybridized carbons (Fsp3) is 1.00. The first kappa shape index (κ1) is 50.7. The van der Waals surface area contributed by atoms with E-state index in [1.165, 1.54) is 0 Å². The lowest BCUT2D eigenvalue weighted by Crippen LogP contribution is -2.45. The van der Waals surface area contributed by atoms with Crippen LogP contribution in [0, 0.1) is 0 Å². The highest BCUT2D eigenvalue weighted by Gasteiger charge is 2.55. The van der Waals surface area contributed by atoms with Crippen molar-refractivity contribution in [3.05, 3.63) is 0 Å². The lowest BCUT2D eigenvalue weighted by molar-refractivity contribution is -0.234. The summed E-state index contributed by atoms with van der Waals surface area (Å²) in [5.41, 5.74) is 0. The Labute approximate surface area is 361 Å². The molecule has 0 aliphatic carbocycles. The molecule has 0 aromatic rings. The summed E-state index contributed by atoms with van der Waals surface area (Å²) < 4.78 is 72.5. The van der Waals surface area contributed by atoms with E-state index in [0.717, 1.165) is 0 Å². The number of aliphatic hydroxyl groups is 16. The number of ether oxygens (including phenoxy) is 13. The van der Waals surface area contributed by atoms with E-state index >= 15 is 0 Å². The molecule has 7 heterocycles. The smallest absolute Gasteiger partial charge is 0.187 e. The van der Waals surface area contributed by atoms with Crippen molar-refractivity contribution in [1.29, 1.82) is 0 Å². The van der Waals surface area contributed by atoms with Crippen LogP contribution in [0.15, 0.2) is 0 Å².